The molecule has 2 aromatic rings. The fraction of sp³-hybridized carbons (Fsp3) is 0.615. The summed E-state index contributed by atoms with van der Waals surface area (Å²) in [5.74, 6) is 1.13. The fourth-order valence-electron chi connectivity index (χ4n) is 6.40. The van der Waals surface area contributed by atoms with E-state index in [2.05, 4.69) is 39.8 Å². The monoisotopic (exact) mass is 433 g/mol. The van der Waals surface area contributed by atoms with E-state index in [9.17, 15) is 0 Å². The fourth-order valence-corrected chi connectivity index (χ4v) is 6.40. The zero-order valence-corrected chi connectivity index (χ0v) is 19.0. The van der Waals surface area contributed by atoms with E-state index in [0.29, 0.717) is 18.7 Å². The number of nitrogens with one attached hydrogen (secondary N) is 2. The first-order chi connectivity index (χ1) is 15.8. The van der Waals surface area contributed by atoms with Gasteiger partial charge >= 0.3 is 6.01 Å². The van der Waals surface area contributed by atoms with Gasteiger partial charge in [-0.1, -0.05) is 24.3 Å². The van der Waals surface area contributed by atoms with Crippen LogP contribution in [-0.2, 0) is 24.7 Å². The summed E-state index contributed by atoms with van der Waals surface area (Å²) in [6.45, 7) is 5.78. The average molecular weight is 434 g/mol. The number of benzene rings is 1. The summed E-state index contributed by atoms with van der Waals surface area (Å²) in [5.41, 5.74) is 5.93. The van der Waals surface area contributed by atoms with Crippen molar-refractivity contribution >= 4 is 5.82 Å². The van der Waals surface area contributed by atoms with Gasteiger partial charge in [0.2, 0.25) is 0 Å². The SMILES string of the molecule is c1ccc2c(c1)CCCC21CCc2c(nc(OC[C@@H]3CCCN3)nc2N2CCNCC2)C1. The third kappa shape index (κ3) is 3.77. The van der Waals surface area contributed by atoms with Gasteiger partial charge in [-0.25, -0.2) is 0 Å². The van der Waals surface area contributed by atoms with Gasteiger partial charge in [0, 0.05) is 43.2 Å². The number of ether oxygens (including phenoxy) is 1. The molecule has 2 fully saturated rings. The van der Waals surface area contributed by atoms with Crippen LogP contribution in [-0.4, -0.2) is 55.3 Å². The summed E-state index contributed by atoms with van der Waals surface area (Å²) >= 11 is 0. The molecule has 0 bridgehead atoms. The molecule has 6 heteroatoms. The molecular formula is C26H35N5O. The van der Waals surface area contributed by atoms with E-state index < -0.39 is 0 Å². The van der Waals surface area contributed by atoms with Crippen molar-refractivity contribution in [3.63, 3.8) is 0 Å². The van der Waals surface area contributed by atoms with Crippen molar-refractivity contribution in [1.29, 1.82) is 0 Å². The van der Waals surface area contributed by atoms with E-state index in [-0.39, 0.29) is 5.41 Å². The number of anilines is 1. The highest BCUT2D eigenvalue weighted by atomic mass is 16.5. The van der Waals surface area contributed by atoms with Crippen molar-refractivity contribution in [3.05, 3.63) is 46.6 Å². The third-order valence-electron chi connectivity index (χ3n) is 8.09. The van der Waals surface area contributed by atoms with Gasteiger partial charge in [-0.2, -0.15) is 9.97 Å². The first kappa shape index (κ1) is 20.4. The molecule has 1 aromatic carbocycles. The van der Waals surface area contributed by atoms with E-state index >= 15 is 0 Å². The molecule has 0 saturated carbocycles. The van der Waals surface area contributed by atoms with Crippen molar-refractivity contribution < 1.29 is 4.74 Å². The van der Waals surface area contributed by atoms with E-state index in [1.165, 1.54) is 49.8 Å². The van der Waals surface area contributed by atoms with Gasteiger partial charge in [-0.3, -0.25) is 0 Å². The van der Waals surface area contributed by atoms with Crippen molar-refractivity contribution in [3.8, 4) is 6.01 Å². The second kappa shape index (κ2) is 8.64. The smallest absolute Gasteiger partial charge is 0.318 e. The van der Waals surface area contributed by atoms with Gasteiger partial charge in [0.25, 0.3) is 0 Å². The van der Waals surface area contributed by atoms with Crippen molar-refractivity contribution in [2.45, 2.75) is 62.8 Å². The number of aryl methyl sites for hydroxylation is 1. The van der Waals surface area contributed by atoms with Crippen LogP contribution in [0.2, 0.25) is 0 Å². The summed E-state index contributed by atoms with van der Waals surface area (Å²) in [6.07, 6.45) is 9.43. The molecular weight excluding hydrogens is 398 g/mol. The van der Waals surface area contributed by atoms with Gasteiger partial charge in [0.1, 0.15) is 12.4 Å². The number of hydrogen-bond acceptors (Lipinski definition) is 6. The minimum Gasteiger partial charge on any atom is -0.462 e. The number of nitrogens with zero attached hydrogens (tertiary/aromatic N) is 3. The lowest BCUT2D eigenvalue weighted by Gasteiger charge is -2.43. The van der Waals surface area contributed by atoms with Crippen LogP contribution >= 0.6 is 0 Å². The number of aromatic nitrogens is 2. The zero-order chi connectivity index (χ0) is 21.4. The van der Waals surface area contributed by atoms with Crippen LogP contribution in [0.25, 0.3) is 0 Å². The summed E-state index contributed by atoms with van der Waals surface area (Å²) in [6, 6.07) is 10.1. The van der Waals surface area contributed by atoms with Crippen LogP contribution in [0.1, 0.15) is 54.5 Å². The molecule has 170 valence electrons. The molecule has 0 radical (unpaired) electrons. The molecule has 2 aliphatic carbocycles. The van der Waals surface area contributed by atoms with Crippen LogP contribution in [0, 0.1) is 0 Å². The molecule has 0 amide bonds. The Kier molecular flexibility index (Phi) is 5.51. The van der Waals surface area contributed by atoms with Gasteiger partial charge < -0.3 is 20.3 Å². The second-order valence-electron chi connectivity index (χ2n) is 10.1. The zero-order valence-electron chi connectivity index (χ0n) is 19.0. The normalized spacial score (nSPS) is 27.2. The lowest BCUT2D eigenvalue weighted by molar-refractivity contribution is 0.252. The predicted octanol–water partition coefficient (Wildman–Crippen LogP) is 2.78. The van der Waals surface area contributed by atoms with Crippen molar-refractivity contribution in [2.75, 3.05) is 44.2 Å². The Hall–Kier alpha value is -2.18. The van der Waals surface area contributed by atoms with Gasteiger partial charge in [-0.15, -0.1) is 0 Å². The van der Waals surface area contributed by atoms with Gasteiger partial charge in [-0.05, 0) is 69.0 Å². The molecule has 2 atom stereocenters. The molecule has 1 aromatic heterocycles. The summed E-state index contributed by atoms with van der Waals surface area (Å²) < 4.78 is 6.21. The largest absolute Gasteiger partial charge is 0.462 e. The van der Waals surface area contributed by atoms with Gasteiger partial charge in [0.05, 0.1) is 5.69 Å². The Labute approximate surface area is 191 Å². The lowest BCUT2D eigenvalue weighted by atomic mass is 9.62. The van der Waals surface area contributed by atoms with Crippen LogP contribution in [0.5, 0.6) is 6.01 Å². The molecule has 2 aliphatic heterocycles. The Morgan fingerprint density at radius 3 is 2.81 bits per heavy atom. The molecule has 4 aliphatic rings. The molecule has 6 rings (SSSR count). The van der Waals surface area contributed by atoms with Gasteiger partial charge in [0.15, 0.2) is 0 Å². The summed E-state index contributed by atoms with van der Waals surface area (Å²) in [4.78, 5) is 12.5. The topological polar surface area (TPSA) is 62.3 Å². The second-order valence-corrected chi connectivity index (χ2v) is 10.1. The Balaban J connectivity index is 1.35. The Morgan fingerprint density at radius 2 is 1.94 bits per heavy atom. The lowest BCUT2D eigenvalue weighted by Crippen LogP contribution is -2.45. The Bertz CT molecular complexity index is 967. The van der Waals surface area contributed by atoms with Crippen LogP contribution in [0.4, 0.5) is 5.82 Å². The standard InChI is InChI=1S/C26H35N5O/c1-2-8-22-19(5-1)6-3-10-26(22)11-9-21-23(17-26)29-25(32-18-20-7-4-12-28-20)30-24(21)31-15-13-27-14-16-31/h1-2,5,8,20,27-28H,3-4,6-7,9-18H2/t20-,26?/m0/s1. The summed E-state index contributed by atoms with van der Waals surface area (Å²) in [5, 5.41) is 7.00. The molecule has 32 heavy (non-hydrogen) atoms. The third-order valence-corrected chi connectivity index (χ3v) is 8.09. The van der Waals surface area contributed by atoms with Crippen LogP contribution in [0.3, 0.4) is 0 Å². The summed E-state index contributed by atoms with van der Waals surface area (Å²) in [7, 11) is 0. The molecule has 1 spiro atoms. The highest BCUT2D eigenvalue weighted by Gasteiger charge is 2.41. The number of rotatable bonds is 4. The van der Waals surface area contributed by atoms with Crippen molar-refractivity contribution in [1.82, 2.24) is 20.6 Å². The van der Waals surface area contributed by atoms with E-state index in [4.69, 9.17) is 14.7 Å². The van der Waals surface area contributed by atoms with E-state index in [0.717, 1.165) is 51.4 Å². The first-order valence-corrected chi connectivity index (χ1v) is 12.6. The van der Waals surface area contributed by atoms with Crippen LogP contribution < -0.4 is 20.3 Å². The average Bonchev–Trinajstić information content (AvgIpc) is 3.37. The first-order valence-electron chi connectivity index (χ1n) is 12.6. The molecule has 3 heterocycles. The highest BCUT2D eigenvalue weighted by molar-refractivity contribution is 5.53. The van der Waals surface area contributed by atoms with Crippen molar-refractivity contribution in [2.24, 2.45) is 0 Å². The quantitative estimate of drug-likeness (QED) is 0.773. The maximum absolute atomic E-state index is 6.21. The molecule has 2 saturated heterocycles. The molecule has 2 N–H and O–H groups in total. The number of piperazine rings is 1. The predicted molar refractivity (Wildman–Crippen MR) is 127 cm³/mol. The minimum atomic E-state index is 0.223. The maximum Gasteiger partial charge on any atom is 0.318 e. The van der Waals surface area contributed by atoms with E-state index in [1.54, 1.807) is 11.1 Å². The molecule has 6 nitrogen and oxygen atoms in total. The number of fused-ring (bicyclic) bond motifs is 3. The van der Waals surface area contributed by atoms with E-state index in [1.807, 2.05) is 0 Å². The highest BCUT2D eigenvalue weighted by Crippen LogP contribution is 2.47. The Morgan fingerprint density at radius 1 is 1.03 bits per heavy atom. The van der Waals surface area contributed by atoms with Crippen LogP contribution in [0.15, 0.2) is 24.3 Å². The minimum absolute atomic E-state index is 0.223. The maximum atomic E-state index is 6.21. The molecule has 1 unspecified atom stereocenters. The number of hydrogen-bond donors (Lipinski definition) is 2.